The number of nitrogens with zero attached hydrogens (tertiary/aromatic N) is 2. The second-order valence-electron chi connectivity index (χ2n) is 9.03. The first-order valence-corrected chi connectivity index (χ1v) is 13.7. The van der Waals surface area contributed by atoms with Gasteiger partial charge in [-0.25, -0.2) is 0 Å². The number of hydrogen-bond acceptors (Lipinski definition) is 4. The summed E-state index contributed by atoms with van der Waals surface area (Å²) in [5, 5.41) is 13.6. The minimum Gasteiger partial charge on any atom is -0.416 e. The lowest BCUT2D eigenvalue weighted by molar-refractivity contribution is 0.468. The number of hydrogen-bond donors (Lipinski definition) is 1. The lowest BCUT2D eigenvalue weighted by Crippen LogP contribution is -2.32. The normalized spacial score (nSPS) is 12.5. The monoisotopic (exact) mass is 493 g/mol. The Kier molecular flexibility index (Phi) is 6.95. The van der Waals surface area contributed by atoms with Gasteiger partial charge in [-0.3, -0.25) is 9.65 Å². The van der Waals surface area contributed by atoms with E-state index in [9.17, 15) is 4.57 Å². The van der Waals surface area contributed by atoms with E-state index in [2.05, 4.69) is 29.1 Å². The molecule has 0 aliphatic rings. The molecule has 5 aromatic rings. The van der Waals surface area contributed by atoms with Gasteiger partial charge in [-0.05, 0) is 60.0 Å². The smallest absolute Gasteiger partial charge is 0.248 e. The van der Waals surface area contributed by atoms with Crippen LogP contribution in [0.4, 0.5) is 0 Å². The summed E-state index contributed by atoms with van der Waals surface area (Å²) in [6.45, 7) is 4.27. The summed E-state index contributed by atoms with van der Waals surface area (Å²) in [6.07, 6.45) is 0. The standard InChI is InChI=1S/C30H28N3O2P/c1-22(2)28(33-36(34,26-14-8-4-9-15-26)27-16-10-5-11-17-27)23-18-20-25(21-19-23)30-32-31-29(35-30)24-12-6-3-7-13-24/h3-22,28H,1-2H3,(H,33,34)/t28-/m0/s1. The van der Waals surface area contributed by atoms with E-state index in [1.54, 1.807) is 0 Å². The molecular formula is C30H28N3O2P. The average Bonchev–Trinajstić information content (AvgIpc) is 3.44. The third kappa shape index (κ3) is 4.94. The van der Waals surface area contributed by atoms with Gasteiger partial charge in [-0.15, -0.1) is 10.2 Å². The fourth-order valence-corrected chi connectivity index (χ4v) is 6.87. The summed E-state index contributed by atoms with van der Waals surface area (Å²) >= 11 is 0. The van der Waals surface area contributed by atoms with Crippen molar-refractivity contribution in [3.63, 3.8) is 0 Å². The predicted molar refractivity (Wildman–Crippen MR) is 146 cm³/mol. The highest BCUT2D eigenvalue weighted by Gasteiger charge is 2.32. The minimum atomic E-state index is -3.09. The van der Waals surface area contributed by atoms with E-state index in [0.29, 0.717) is 11.8 Å². The van der Waals surface area contributed by atoms with Gasteiger partial charge < -0.3 is 4.42 Å². The molecule has 0 aliphatic heterocycles. The van der Waals surface area contributed by atoms with Crippen molar-refractivity contribution in [2.45, 2.75) is 19.9 Å². The molecule has 0 fully saturated rings. The zero-order valence-electron chi connectivity index (χ0n) is 20.3. The highest BCUT2D eigenvalue weighted by Crippen LogP contribution is 2.43. The van der Waals surface area contributed by atoms with E-state index in [-0.39, 0.29) is 12.0 Å². The Bertz CT molecular complexity index is 1410. The largest absolute Gasteiger partial charge is 0.416 e. The van der Waals surface area contributed by atoms with Gasteiger partial charge in [0, 0.05) is 27.8 Å². The van der Waals surface area contributed by atoms with Crippen molar-refractivity contribution in [2.24, 2.45) is 5.92 Å². The van der Waals surface area contributed by atoms with E-state index >= 15 is 0 Å². The van der Waals surface area contributed by atoms with Crippen molar-refractivity contribution < 1.29 is 8.98 Å². The number of aromatic nitrogens is 2. The maximum absolute atomic E-state index is 14.6. The van der Waals surface area contributed by atoms with Gasteiger partial charge in [0.15, 0.2) is 0 Å². The summed E-state index contributed by atoms with van der Waals surface area (Å²) in [4.78, 5) is 0. The topological polar surface area (TPSA) is 68.0 Å². The fraction of sp³-hybridized carbons (Fsp3) is 0.133. The van der Waals surface area contributed by atoms with E-state index in [0.717, 1.165) is 27.3 Å². The molecule has 180 valence electrons. The first-order chi connectivity index (χ1) is 17.5. The van der Waals surface area contributed by atoms with Crippen LogP contribution in [0.1, 0.15) is 25.5 Å². The van der Waals surface area contributed by atoms with Crippen LogP contribution in [-0.2, 0) is 4.57 Å². The molecule has 5 nitrogen and oxygen atoms in total. The second-order valence-corrected chi connectivity index (χ2v) is 11.5. The molecule has 1 heterocycles. The quantitative estimate of drug-likeness (QED) is 0.246. The molecule has 0 bridgehead atoms. The lowest BCUT2D eigenvalue weighted by atomic mass is 9.96. The van der Waals surface area contributed by atoms with E-state index in [4.69, 9.17) is 4.42 Å². The first kappa shape index (κ1) is 23.9. The number of nitrogens with one attached hydrogen (secondary N) is 1. The average molecular weight is 494 g/mol. The summed E-state index contributed by atoms with van der Waals surface area (Å²) in [5.74, 6) is 1.15. The van der Waals surface area contributed by atoms with Crippen molar-refractivity contribution in [1.82, 2.24) is 15.3 Å². The summed E-state index contributed by atoms with van der Waals surface area (Å²) < 4.78 is 20.5. The van der Waals surface area contributed by atoms with Crippen LogP contribution < -0.4 is 15.7 Å². The molecule has 0 unspecified atom stereocenters. The van der Waals surface area contributed by atoms with Crippen LogP contribution in [0.2, 0.25) is 0 Å². The molecule has 6 heteroatoms. The minimum absolute atomic E-state index is 0.132. The Hall–Kier alpha value is -3.79. The molecule has 1 aromatic heterocycles. The van der Waals surface area contributed by atoms with Crippen LogP contribution in [0.25, 0.3) is 22.9 Å². The van der Waals surface area contributed by atoms with Crippen LogP contribution >= 0.6 is 7.29 Å². The molecule has 4 aromatic carbocycles. The highest BCUT2D eigenvalue weighted by atomic mass is 31.2. The molecule has 1 atom stereocenters. The van der Waals surface area contributed by atoms with Gasteiger partial charge >= 0.3 is 0 Å². The van der Waals surface area contributed by atoms with E-state index < -0.39 is 7.29 Å². The molecule has 1 N–H and O–H groups in total. The maximum atomic E-state index is 14.6. The van der Waals surface area contributed by atoms with Crippen LogP contribution in [-0.4, -0.2) is 10.2 Å². The van der Waals surface area contributed by atoms with E-state index in [1.807, 2.05) is 115 Å². The zero-order valence-corrected chi connectivity index (χ0v) is 21.2. The molecule has 0 saturated heterocycles. The summed E-state index contributed by atoms with van der Waals surface area (Å²) in [5.41, 5.74) is 2.77. The van der Waals surface area contributed by atoms with Gasteiger partial charge in [0.1, 0.15) is 0 Å². The SMILES string of the molecule is CC(C)[C@H](NP(=O)(c1ccccc1)c1ccccc1)c1ccc(-c2nnc(-c3ccccc3)o2)cc1. The molecule has 0 amide bonds. The first-order valence-electron chi connectivity index (χ1n) is 12.0. The van der Waals surface area contributed by atoms with Gasteiger partial charge in [-0.1, -0.05) is 80.6 Å². The molecule has 5 rings (SSSR count). The van der Waals surface area contributed by atoms with Crippen molar-refractivity contribution >= 4 is 17.9 Å². The fourth-order valence-electron chi connectivity index (χ4n) is 4.25. The van der Waals surface area contributed by atoms with Crippen molar-refractivity contribution in [1.29, 1.82) is 0 Å². The lowest BCUT2D eigenvalue weighted by Gasteiger charge is -2.30. The third-order valence-corrected chi connectivity index (χ3v) is 8.88. The molecular weight excluding hydrogens is 465 g/mol. The Morgan fingerprint density at radius 1 is 0.639 bits per heavy atom. The van der Waals surface area contributed by atoms with Crippen LogP contribution in [0.3, 0.4) is 0 Å². The predicted octanol–water partition coefficient (Wildman–Crippen LogP) is 6.62. The van der Waals surface area contributed by atoms with Crippen LogP contribution in [0.5, 0.6) is 0 Å². The molecule has 0 spiro atoms. The van der Waals surface area contributed by atoms with Gasteiger partial charge in [0.25, 0.3) is 0 Å². The van der Waals surface area contributed by atoms with Gasteiger partial charge in [0.05, 0.1) is 0 Å². The van der Waals surface area contributed by atoms with Crippen molar-refractivity contribution in [3.05, 3.63) is 121 Å². The molecule has 0 saturated carbocycles. The zero-order chi connectivity index (χ0) is 25.0. The molecule has 36 heavy (non-hydrogen) atoms. The maximum Gasteiger partial charge on any atom is 0.248 e. The number of rotatable bonds is 8. The van der Waals surface area contributed by atoms with Crippen LogP contribution in [0, 0.1) is 5.92 Å². The third-order valence-electron chi connectivity index (χ3n) is 6.19. The second kappa shape index (κ2) is 10.4. The Labute approximate surface area is 211 Å². The summed E-state index contributed by atoms with van der Waals surface area (Å²) in [6, 6.07) is 37.0. The number of benzene rings is 4. The van der Waals surface area contributed by atoms with Crippen molar-refractivity contribution in [3.8, 4) is 22.9 Å². The Balaban J connectivity index is 1.45. The molecule has 0 aliphatic carbocycles. The Morgan fingerprint density at radius 2 is 1.08 bits per heavy atom. The Morgan fingerprint density at radius 3 is 1.56 bits per heavy atom. The van der Waals surface area contributed by atoms with Gasteiger partial charge in [0.2, 0.25) is 19.1 Å². The molecule has 0 radical (unpaired) electrons. The van der Waals surface area contributed by atoms with E-state index in [1.165, 1.54) is 0 Å². The highest BCUT2D eigenvalue weighted by molar-refractivity contribution is 7.76. The van der Waals surface area contributed by atoms with Crippen molar-refractivity contribution in [2.75, 3.05) is 0 Å². The van der Waals surface area contributed by atoms with Crippen LogP contribution in [0.15, 0.2) is 120 Å². The van der Waals surface area contributed by atoms with Gasteiger partial charge in [-0.2, -0.15) is 0 Å². The summed E-state index contributed by atoms with van der Waals surface area (Å²) in [7, 11) is -3.09.